The minimum Gasteiger partial charge on any atom is -0.462 e. The Hall–Kier alpha value is -1.25. The van der Waals surface area contributed by atoms with E-state index in [2.05, 4.69) is 26.0 Å². The van der Waals surface area contributed by atoms with Crippen LogP contribution in [0.5, 0.6) is 0 Å². The normalized spacial score (nSPS) is 13.2. The Kier molecular flexibility index (Phi) is 45.3. The number of carbonyl (C=O) groups excluding carboxylic acids is 2. The van der Waals surface area contributed by atoms with Crippen molar-refractivity contribution < 1.29 is 37.6 Å². The van der Waals surface area contributed by atoms with Crippen LogP contribution < -0.4 is 5.73 Å². The molecule has 0 aromatic rings. The zero-order chi connectivity index (χ0) is 43.2. The number of unbranched alkanes of at least 4 members (excludes halogenated alkanes) is 33. The van der Waals surface area contributed by atoms with Gasteiger partial charge in [0.25, 0.3) is 0 Å². The molecule has 0 aliphatic heterocycles. The molecule has 0 saturated heterocycles. The van der Waals surface area contributed by atoms with Gasteiger partial charge in [0.15, 0.2) is 6.10 Å². The molecular formula is C49H96NO8P. The summed E-state index contributed by atoms with van der Waals surface area (Å²) in [6.07, 6.45) is 49.6. The summed E-state index contributed by atoms with van der Waals surface area (Å²) >= 11 is 0. The fraction of sp³-hybridized carbons (Fsp3) is 0.918. The van der Waals surface area contributed by atoms with Crippen LogP contribution in [0.1, 0.15) is 258 Å². The summed E-state index contributed by atoms with van der Waals surface area (Å²) in [6.45, 7) is 3.78. The number of phosphoric acid groups is 1. The summed E-state index contributed by atoms with van der Waals surface area (Å²) < 4.78 is 32.9. The van der Waals surface area contributed by atoms with E-state index in [1.54, 1.807) is 0 Å². The Bertz CT molecular complexity index is 980. The Morgan fingerprint density at radius 2 is 0.831 bits per heavy atom. The SMILES string of the molecule is CCCCCCCC/C=C/CCCCCCCCCCCCCC(=O)O[C@H](COC(=O)CCCCCCCCCCCCCCCCCCC)COP(=O)(O)OCCN. The molecule has 0 saturated carbocycles. The number of esters is 2. The van der Waals surface area contributed by atoms with Crippen molar-refractivity contribution in [1.29, 1.82) is 0 Å². The fourth-order valence-electron chi connectivity index (χ4n) is 7.40. The molecule has 2 atom stereocenters. The molecule has 0 aromatic carbocycles. The van der Waals surface area contributed by atoms with Crippen molar-refractivity contribution in [3.8, 4) is 0 Å². The second-order valence-electron chi connectivity index (χ2n) is 17.0. The number of rotatable bonds is 48. The van der Waals surface area contributed by atoms with Gasteiger partial charge in [0.1, 0.15) is 6.61 Å². The molecule has 0 aliphatic rings. The molecule has 0 rings (SSSR count). The van der Waals surface area contributed by atoms with E-state index in [4.69, 9.17) is 24.3 Å². The van der Waals surface area contributed by atoms with Crippen molar-refractivity contribution in [3.05, 3.63) is 12.2 Å². The van der Waals surface area contributed by atoms with Crippen molar-refractivity contribution >= 4 is 19.8 Å². The lowest BCUT2D eigenvalue weighted by molar-refractivity contribution is -0.161. The number of ether oxygens (including phenoxy) is 2. The fourth-order valence-corrected chi connectivity index (χ4v) is 8.16. The molecule has 10 heteroatoms. The highest BCUT2D eigenvalue weighted by Gasteiger charge is 2.26. The van der Waals surface area contributed by atoms with Crippen LogP contribution in [0.15, 0.2) is 12.2 Å². The Balaban J connectivity index is 4.02. The standard InChI is InChI=1S/C49H96NO8P/c1-3-5-7-9-11-13-15-17-19-21-22-23-24-26-28-30-32-34-36-38-40-42-49(52)58-47(46-57-59(53,54)56-44-43-50)45-55-48(51)41-39-37-35-33-31-29-27-25-20-18-16-14-12-10-8-6-4-2/h17,19,47H,3-16,18,20-46,50H2,1-2H3,(H,53,54)/b19-17+/t47-/m1/s1. The first-order chi connectivity index (χ1) is 28.8. The Labute approximate surface area is 364 Å². The van der Waals surface area contributed by atoms with E-state index in [-0.39, 0.29) is 38.6 Å². The molecule has 0 aromatic heterocycles. The molecule has 1 unspecified atom stereocenters. The molecular weight excluding hydrogens is 762 g/mol. The predicted molar refractivity (Wildman–Crippen MR) is 248 cm³/mol. The molecule has 0 amide bonds. The van der Waals surface area contributed by atoms with E-state index >= 15 is 0 Å². The Morgan fingerprint density at radius 1 is 0.492 bits per heavy atom. The van der Waals surface area contributed by atoms with Crippen LogP contribution in [0.2, 0.25) is 0 Å². The van der Waals surface area contributed by atoms with E-state index in [1.165, 1.54) is 193 Å². The average Bonchev–Trinajstić information content (AvgIpc) is 3.22. The van der Waals surface area contributed by atoms with Gasteiger partial charge in [-0.05, 0) is 38.5 Å². The van der Waals surface area contributed by atoms with E-state index in [1.807, 2.05) is 0 Å². The number of hydrogen-bond donors (Lipinski definition) is 2. The van der Waals surface area contributed by atoms with Crippen molar-refractivity contribution in [2.45, 2.75) is 264 Å². The second-order valence-corrected chi connectivity index (χ2v) is 18.5. The predicted octanol–water partition coefficient (Wildman–Crippen LogP) is 15.0. The van der Waals surface area contributed by atoms with Crippen LogP contribution in [0, 0.1) is 0 Å². The molecule has 59 heavy (non-hydrogen) atoms. The molecule has 350 valence electrons. The van der Waals surface area contributed by atoms with Crippen LogP contribution in [-0.4, -0.2) is 49.3 Å². The van der Waals surface area contributed by atoms with Crippen LogP contribution in [0.25, 0.3) is 0 Å². The maximum Gasteiger partial charge on any atom is 0.472 e. The van der Waals surface area contributed by atoms with Gasteiger partial charge in [-0.15, -0.1) is 0 Å². The lowest BCUT2D eigenvalue weighted by atomic mass is 10.0. The minimum absolute atomic E-state index is 0.0566. The van der Waals surface area contributed by atoms with Crippen molar-refractivity contribution in [1.82, 2.24) is 0 Å². The summed E-state index contributed by atoms with van der Waals surface area (Å²) in [5.74, 6) is -0.813. The van der Waals surface area contributed by atoms with Crippen molar-refractivity contribution in [3.63, 3.8) is 0 Å². The maximum atomic E-state index is 12.6. The number of carbonyl (C=O) groups is 2. The van der Waals surface area contributed by atoms with Gasteiger partial charge in [0.2, 0.25) is 0 Å². The van der Waals surface area contributed by atoms with Gasteiger partial charge in [0, 0.05) is 19.4 Å². The second kappa shape index (κ2) is 46.3. The molecule has 0 fully saturated rings. The van der Waals surface area contributed by atoms with Gasteiger partial charge in [-0.1, -0.05) is 219 Å². The lowest BCUT2D eigenvalue weighted by Gasteiger charge is -2.19. The van der Waals surface area contributed by atoms with Gasteiger partial charge < -0.3 is 20.1 Å². The van der Waals surface area contributed by atoms with E-state index in [0.717, 1.165) is 32.1 Å². The maximum absolute atomic E-state index is 12.6. The van der Waals surface area contributed by atoms with Gasteiger partial charge >= 0.3 is 19.8 Å². The van der Waals surface area contributed by atoms with Gasteiger partial charge in [-0.2, -0.15) is 0 Å². The largest absolute Gasteiger partial charge is 0.472 e. The molecule has 0 aliphatic carbocycles. The van der Waals surface area contributed by atoms with E-state index < -0.39 is 26.5 Å². The minimum atomic E-state index is -4.38. The third-order valence-electron chi connectivity index (χ3n) is 11.2. The van der Waals surface area contributed by atoms with Crippen LogP contribution >= 0.6 is 7.82 Å². The first-order valence-electron chi connectivity index (χ1n) is 25.2. The van der Waals surface area contributed by atoms with E-state index in [9.17, 15) is 19.0 Å². The summed E-state index contributed by atoms with van der Waals surface area (Å²) in [5.41, 5.74) is 5.36. The third-order valence-corrected chi connectivity index (χ3v) is 12.1. The summed E-state index contributed by atoms with van der Waals surface area (Å²) in [6, 6.07) is 0. The van der Waals surface area contributed by atoms with Crippen LogP contribution in [0.4, 0.5) is 0 Å². The van der Waals surface area contributed by atoms with Gasteiger partial charge in [-0.3, -0.25) is 18.6 Å². The zero-order valence-electron chi connectivity index (χ0n) is 38.8. The summed E-state index contributed by atoms with van der Waals surface area (Å²) in [5, 5.41) is 0. The smallest absolute Gasteiger partial charge is 0.462 e. The highest BCUT2D eigenvalue weighted by atomic mass is 31.2. The highest BCUT2D eigenvalue weighted by molar-refractivity contribution is 7.47. The van der Waals surface area contributed by atoms with Gasteiger partial charge in [0.05, 0.1) is 13.2 Å². The number of nitrogens with two attached hydrogens (primary N) is 1. The van der Waals surface area contributed by atoms with Crippen molar-refractivity contribution in [2.24, 2.45) is 5.73 Å². The molecule has 0 bridgehead atoms. The summed E-state index contributed by atoms with van der Waals surface area (Å²) in [7, 11) is -4.38. The molecule has 0 spiro atoms. The first kappa shape index (κ1) is 57.8. The molecule has 0 radical (unpaired) electrons. The first-order valence-corrected chi connectivity index (χ1v) is 26.7. The number of hydrogen-bond acceptors (Lipinski definition) is 8. The highest BCUT2D eigenvalue weighted by Crippen LogP contribution is 2.43. The average molecular weight is 858 g/mol. The Morgan fingerprint density at radius 3 is 1.20 bits per heavy atom. The molecule has 3 N–H and O–H groups in total. The van der Waals surface area contributed by atoms with Crippen LogP contribution in [0.3, 0.4) is 0 Å². The molecule has 9 nitrogen and oxygen atoms in total. The van der Waals surface area contributed by atoms with Crippen LogP contribution in [-0.2, 0) is 32.7 Å². The third kappa shape index (κ3) is 46.1. The topological polar surface area (TPSA) is 134 Å². The monoisotopic (exact) mass is 858 g/mol. The van der Waals surface area contributed by atoms with E-state index in [0.29, 0.717) is 6.42 Å². The molecule has 0 heterocycles. The zero-order valence-corrected chi connectivity index (χ0v) is 39.7. The summed E-state index contributed by atoms with van der Waals surface area (Å²) in [4.78, 5) is 35.0. The lowest BCUT2D eigenvalue weighted by Crippen LogP contribution is -2.29. The van der Waals surface area contributed by atoms with Gasteiger partial charge in [-0.25, -0.2) is 4.57 Å². The number of phosphoric ester groups is 1. The number of allylic oxidation sites excluding steroid dienone is 2. The quantitative estimate of drug-likeness (QED) is 0.0265. The van der Waals surface area contributed by atoms with Crippen molar-refractivity contribution in [2.75, 3.05) is 26.4 Å².